The first-order valence-electron chi connectivity index (χ1n) is 8.17. The van der Waals surface area contributed by atoms with E-state index < -0.39 is 0 Å². The average molecular weight is 327 g/mol. The Labute approximate surface area is 144 Å². The minimum Gasteiger partial charge on any atom is -0.497 e. The molecule has 0 aliphatic heterocycles. The molecule has 0 aliphatic rings. The molecular weight excluding hydrogens is 302 g/mol. The standard InChI is InChI=1S/C20H25NO3/c1-5-15(2)21(14-16-9-7-6-8-10-16)20(22)18-12-11-17(23-3)13-19(18)24-4/h6-13,15H,5,14H2,1-4H3. The van der Waals surface area contributed by atoms with Gasteiger partial charge in [-0.15, -0.1) is 0 Å². The van der Waals surface area contributed by atoms with E-state index in [1.54, 1.807) is 32.4 Å². The van der Waals surface area contributed by atoms with Gasteiger partial charge in [0.25, 0.3) is 5.91 Å². The maximum absolute atomic E-state index is 13.1. The molecule has 0 radical (unpaired) electrons. The lowest BCUT2D eigenvalue weighted by molar-refractivity contribution is 0.0668. The average Bonchev–Trinajstić information content (AvgIpc) is 2.65. The van der Waals surface area contributed by atoms with Gasteiger partial charge < -0.3 is 14.4 Å². The molecule has 1 atom stereocenters. The minimum atomic E-state index is -0.0345. The highest BCUT2D eigenvalue weighted by molar-refractivity contribution is 5.97. The molecule has 0 fully saturated rings. The Hall–Kier alpha value is -2.49. The second-order valence-electron chi connectivity index (χ2n) is 5.74. The summed E-state index contributed by atoms with van der Waals surface area (Å²) >= 11 is 0. The van der Waals surface area contributed by atoms with E-state index in [0.29, 0.717) is 23.6 Å². The molecule has 0 saturated carbocycles. The number of carbonyl (C=O) groups is 1. The van der Waals surface area contributed by atoms with Gasteiger partial charge in [0.1, 0.15) is 11.5 Å². The fraction of sp³-hybridized carbons (Fsp3) is 0.350. The van der Waals surface area contributed by atoms with Gasteiger partial charge in [0.2, 0.25) is 0 Å². The zero-order chi connectivity index (χ0) is 17.5. The van der Waals surface area contributed by atoms with Crippen LogP contribution in [0.4, 0.5) is 0 Å². The first-order chi connectivity index (χ1) is 11.6. The summed E-state index contributed by atoms with van der Waals surface area (Å²) in [6.45, 7) is 4.72. The van der Waals surface area contributed by atoms with Gasteiger partial charge in [0, 0.05) is 18.7 Å². The van der Waals surface area contributed by atoms with Crippen molar-refractivity contribution in [3.63, 3.8) is 0 Å². The van der Waals surface area contributed by atoms with Crippen LogP contribution in [0.15, 0.2) is 48.5 Å². The normalized spacial score (nSPS) is 11.7. The molecule has 24 heavy (non-hydrogen) atoms. The fourth-order valence-electron chi connectivity index (χ4n) is 2.56. The molecule has 128 valence electrons. The second kappa shape index (κ2) is 8.39. The van der Waals surface area contributed by atoms with Crippen LogP contribution in [0.2, 0.25) is 0 Å². The van der Waals surface area contributed by atoms with Crippen molar-refractivity contribution in [2.45, 2.75) is 32.9 Å². The molecule has 0 heterocycles. The molecule has 0 aromatic heterocycles. The molecule has 0 N–H and O–H groups in total. The number of benzene rings is 2. The van der Waals surface area contributed by atoms with Gasteiger partial charge >= 0.3 is 0 Å². The molecule has 1 unspecified atom stereocenters. The smallest absolute Gasteiger partial charge is 0.258 e. The van der Waals surface area contributed by atoms with Gasteiger partial charge in [-0.25, -0.2) is 0 Å². The maximum Gasteiger partial charge on any atom is 0.258 e. The molecule has 2 rings (SSSR count). The topological polar surface area (TPSA) is 38.8 Å². The largest absolute Gasteiger partial charge is 0.497 e. The fourth-order valence-corrected chi connectivity index (χ4v) is 2.56. The monoisotopic (exact) mass is 327 g/mol. The first kappa shape index (κ1) is 17.9. The predicted octanol–water partition coefficient (Wildman–Crippen LogP) is 4.14. The first-order valence-corrected chi connectivity index (χ1v) is 8.17. The maximum atomic E-state index is 13.1. The molecule has 0 saturated heterocycles. The number of carbonyl (C=O) groups excluding carboxylic acids is 1. The van der Waals surface area contributed by atoms with Crippen LogP contribution in [0.25, 0.3) is 0 Å². The Morgan fingerprint density at radius 3 is 2.38 bits per heavy atom. The van der Waals surface area contributed by atoms with E-state index in [4.69, 9.17) is 9.47 Å². The zero-order valence-corrected chi connectivity index (χ0v) is 14.8. The van der Waals surface area contributed by atoms with Gasteiger partial charge in [0.15, 0.2) is 0 Å². The van der Waals surface area contributed by atoms with E-state index in [2.05, 4.69) is 13.8 Å². The van der Waals surface area contributed by atoms with Crippen LogP contribution in [0, 0.1) is 0 Å². The number of methoxy groups -OCH3 is 2. The molecule has 1 amide bonds. The highest BCUT2D eigenvalue weighted by Crippen LogP contribution is 2.27. The number of rotatable bonds is 7. The molecule has 4 heteroatoms. The van der Waals surface area contributed by atoms with Crippen molar-refractivity contribution in [2.24, 2.45) is 0 Å². The van der Waals surface area contributed by atoms with E-state index in [0.717, 1.165) is 12.0 Å². The molecule has 2 aromatic rings. The van der Waals surface area contributed by atoms with Crippen LogP contribution in [-0.4, -0.2) is 31.1 Å². The van der Waals surface area contributed by atoms with E-state index in [1.165, 1.54) is 0 Å². The van der Waals surface area contributed by atoms with Gasteiger partial charge in [-0.2, -0.15) is 0 Å². The lowest BCUT2D eigenvalue weighted by Gasteiger charge is -2.29. The zero-order valence-electron chi connectivity index (χ0n) is 14.8. The summed E-state index contributed by atoms with van der Waals surface area (Å²) in [6.07, 6.45) is 0.886. The van der Waals surface area contributed by atoms with Crippen LogP contribution in [0.3, 0.4) is 0 Å². The van der Waals surface area contributed by atoms with Crippen LogP contribution in [0.5, 0.6) is 11.5 Å². The molecule has 0 spiro atoms. The van der Waals surface area contributed by atoms with E-state index in [-0.39, 0.29) is 11.9 Å². The summed E-state index contributed by atoms with van der Waals surface area (Å²) in [5, 5.41) is 0. The van der Waals surface area contributed by atoms with Gasteiger partial charge in [-0.05, 0) is 31.0 Å². The minimum absolute atomic E-state index is 0.0345. The SMILES string of the molecule is CCC(C)N(Cc1ccccc1)C(=O)c1ccc(OC)cc1OC. The summed E-state index contributed by atoms with van der Waals surface area (Å²) in [4.78, 5) is 15.0. The third-order valence-electron chi connectivity index (χ3n) is 4.22. The van der Waals surface area contributed by atoms with Crippen molar-refractivity contribution < 1.29 is 14.3 Å². The Morgan fingerprint density at radius 1 is 1.08 bits per heavy atom. The quantitative estimate of drug-likeness (QED) is 0.767. The van der Waals surface area contributed by atoms with Crippen molar-refractivity contribution in [2.75, 3.05) is 14.2 Å². The highest BCUT2D eigenvalue weighted by atomic mass is 16.5. The number of amides is 1. The number of hydrogen-bond acceptors (Lipinski definition) is 3. The van der Waals surface area contributed by atoms with Crippen molar-refractivity contribution in [3.8, 4) is 11.5 Å². The van der Waals surface area contributed by atoms with Crippen molar-refractivity contribution in [3.05, 3.63) is 59.7 Å². The van der Waals surface area contributed by atoms with Gasteiger partial charge in [-0.1, -0.05) is 37.3 Å². The van der Waals surface area contributed by atoms with Crippen molar-refractivity contribution >= 4 is 5.91 Å². The Morgan fingerprint density at radius 2 is 1.79 bits per heavy atom. The number of hydrogen-bond donors (Lipinski definition) is 0. The lowest BCUT2D eigenvalue weighted by atomic mass is 10.1. The third-order valence-corrected chi connectivity index (χ3v) is 4.22. The van der Waals surface area contributed by atoms with E-state index >= 15 is 0 Å². The van der Waals surface area contributed by atoms with Crippen LogP contribution < -0.4 is 9.47 Å². The molecule has 0 bridgehead atoms. The molecule has 2 aromatic carbocycles. The third kappa shape index (κ3) is 4.07. The Bertz CT molecular complexity index is 670. The summed E-state index contributed by atoms with van der Waals surface area (Å²) < 4.78 is 10.6. The van der Waals surface area contributed by atoms with Crippen molar-refractivity contribution in [1.29, 1.82) is 0 Å². The van der Waals surface area contributed by atoms with E-state index in [9.17, 15) is 4.79 Å². The summed E-state index contributed by atoms with van der Waals surface area (Å²) in [6, 6.07) is 15.4. The molecule has 4 nitrogen and oxygen atoms in total. The summed E-state index contributed by atoms with van der Waals surface area (Å²) in [5.41, 5.74) is 1.66. The molecule has 0 aliphatic carbocycles. The van der Waals surface area contributed by atoms with Crippen molar-refractivity contribution in [1.82, 2.24) is 4.90 Å². The lowest BCUT2D eigenvalue weighted by Crippen LogP contribution is -2.38. The van der Waals surface area contributed by atoms with Gasteiger partial charge in [0.05, 0.1) is 19.8 Å². The number of nitrogens with zero attached hydrogens (tertiary/aromatic N) is 1. The Kier molecular flexibility index (Phi) is 6.24. The summed E-state index contributed by atoms with van der Waals surface area (Å²) in [5.74, 6) is 1.16. The molecular formula is C20H25NO3. The predicted molar refractivity (Wildman–Crippen MR) is 95.6 cm³/mol. The van der Waals surface area contributed by atoms with Gasteiger partial charge in [-0.3, -0.25) is 4.79 Å². The Balaban J connectivity index is 2.34. The van der Waals surface area contributed by atoms with Crippen LogP contribution in [-0.2, 0) is 6.54 Å². The van der Waals surface area contributed by atoms with E-state index in [1.807, 2.05) is 35.2 Å². The van der Waals surface area contributed by atoms with Crippen LogP contribution >= 0.6 is 0 Å². The highest BCUT2D eigenvalue weighted by Gasteiger charge is 2.23. The number of ether oxygens (including phenoxy) is 2. The summed E-state index contributed by atoms with van der Waals surface area (Å²) in [7, 11) is 3.16. The second-order valence-corrected chi connectivity index (χ2v) is 5.74. The van der Waals surface area contributed by atoms with Crippen LogP contribution in [0.1, 0.15) is 36.2 Å².